The van der Waals surface area contributed by atoms with Crippen LogP contribution in [-0.2, 0) is 9.59 Å². The highest BCUT2D eigenvalue weighted by atomic mass is 16.2. The predicted molar refractivity (Wildman–Crippen MR) is 62.0 cm³/mol. The van der Waals surface area contributed by atoms with E-state index in [2.05, 4.69) is 10.6 Å². The van der Waals surface area contributed by atoms with E-state index < -0.39 is 0 Å². The zero-order chi connectivity index (χ0) is 12.0. The second kappa shape index (κ2) is 6.48. The number of rotatable bonds is 7. The van der Waals surface area contributed by atoms with Gasteiger partial charge in [-0.1, -0.05) is 0 Å². The number of nitrogens with zero attached hydrogens (tertiary/aromatic N) is 1. The molecular weight excluding hydrogens is 206 g/mol. The van der Waals surface area contributed by atoms with Crippen molar-refractivity contribution < 1.29 is 9.59 Å². The molecule has 0 aromatic rings. The average Bonchev–Trinajstić information content (AvgIpc) is 3.09. The molecule has 5 heteroatoms. The Labute approximate surface area is 96.6 Å². The molecule has 1 saturated carbocycles. The lowest BCUT2D eigenvalue weighted by Crippen LogP contribution is -2.33. The van der Waals surface area contributed by atoms with E-state index in [1.165, 1.54) is 12.8 Å². The van der Waals surface area contributed by atoms with Crippen LogP contribution in [0.25, 0.3) is 0 Å². The molecule has 0 unspecified atom stereocenters. The normalized spacial score (nSPS) is 14.6. The SMILES string of the molecule is CNC(=O)CCN(C)C(=O)CCNC1CC1. The quantitative estimate of drug-likeness (QED) is 0.629. The Morgan fingerprint density at radius 2 is 2.00 bits per heavy atom. The molecule has 0 aliphatic heterocycles. The number of hydrogen-bond acceptors (Lipinski definition) is 3. The second-order valence-electron chi connectivity index (χ2n) is 4.22. The molecule has 1 fully saturated rings. The van der Waals surface area contributed by atoms with Gasteiger partial charge in [-0.05, 0) is 12.8 Å². The van der Waals surface area contributed by atoms with Gasteiger partial charge >= 0.3 is 0 Å². The molecule has 0 aromatic carbocycles. The van der Waals surface area contributed by atoms with E-state index in [9.17, 15) is 9.59 Å². The highest BCUT2D eigenvalue weighted by Crippen LogP contribution is 2.18. The van der Waals surface area contributed by atoms with E-state index in [4.69, 9.17) is 0 Å². The van der Waals surface area contributed by atoms with Crippen LogP contribution in [0.2, 0.25) is 0 Å². The Balaban J connectivity index is 2.06. The minimum absolute atomic E-state index is 0.0317. The standard InChI is InChI=1S/C11H21N3O2/c1-12-10(15)6-8-14(2)11(16)5-7-13-9-3-4-9/h9,13H,3-8H2,1-2H3,(H,12,15). The van der Waals surface area contributed by atoms with Crippen LogP contribution in [0.4, 0.5) is 0 Å². The summed E-state index contributed by atoms with van der Waals surface area (Å²) < 4.78 is 0. The van der Waals surface area contributed by atoms with Gasteiger partial charge in [0.25, 0.3) is 0 Å². The Kier molecular flexibility index (Phi) is 5.25. The van der Waals surface area contributed by atoms with Gasteiger partial charge in [-0.25, -0.2) is 0 Å². The molecule has 0 saturated heterocycles. The van der Waals surface area contributed by atoms with Crippen LogP contribution in [0.15, 0.2) is 0 Å². The van der Waals surface area contributed by atoms with Crippen molar-refractivity contribution in [1.82, 2.24) is 15.5 Å². The lowest BCUT2D eigenvalue weighted by molar-refractivity contribution is -0.130. The van der Waals surface area contributed by atoms with Gasteiger partial charge in [0.1, 0.15) is 0 Å². The molecule has 1 aliphatic rings. The molecule has 2 N–H and O–H groups in total. The fourth-order valence-electron chi connectivity index (χ4n) is 1.38. The van der Waals surface area contributed by atoms with E-state index in [0.717, 1.165) is 6.54 Å². The summed E-state index contributed by atoms with van der Waals surface area (Å²) >= 11 is 0. The summed E-state index contributed by atoms with van der Waals surface area (Å²) in [5, 5.41) is 5.83. The molecule has 16 heavy (non-hydrogen) atoms. The third-order valence-electron chi connectivity index (χ3n) is 2.73. The fourth-order valence-corrected chi connectivity index (χ4v) is 1.38. The molecule has 0 atom stereocenters. The maximum absolute atomic E-state index is 11.6. The Hall–Kier alpha value is -1.10. The van der Waals surface area contributed by atoms with Gasteiger partial charge in [0.2, 0.25) is 11.8 Å². The zero-order valence-corrected chi connectivity index (χ0v) is 10.1. The number of carbonyl (C=O) groups excluding carboxylic acids is 2. The molecule has 1 aliphatic carbocycles. The summed E-state index contributed by atoms with van der Waals surface area (Å²) in [5.74, 6) is 0.0628. The summed E-state index contributed by atoms with van der Waals surface area (Å²) in [6, 6.07) is 0.643. The highest BCUT2D eigenvalue weighted by Gasteiger charge is 2.20. The predicted octanol–water partition coefficient (Wildman–Crippen LogP) is -0.277. The largest absolute Gasteiger partial charge is 0.359 e. The van der Waals surface area contributed by atoms with Crippen LogP contribution in [0, 0.1) is 0 Å². The van der Waals surface area contributed by atoms with E-state index in [1.807, 2.05) is 0 Å². The van der Waals surface area contributed by atoms with Crippen molar-refractivity contribution in [3.05, 3.63) is 0 Å². The minimum atomic E-state index is -0.0317. The van der Waals surface area contributed by atoms with E-state index in [0.29, 0.717) is 25.4 Å². The minimum Gasteiger partial charge on any atom is -0.359 e. The van der Waals surface area contributed by atoms with Crippen molar-refractivity contribution in [3.63, 3.8) is 0 Å². The molecule has 0 heterocycles. The van der Waals surface area contributed by atoms with Crippen LogP contribution >= 0.6 is 0 Å². The van der Waals surface area contributed by atoms with Gasteiger partial charge in [-0.2, -0.15) is 0 Å². The molecule has 0 bridgehead atoms. The van der Waals surface area contributed by atoms with Crippen LogP contribution in [0.5, 0.6) is 0 Å². The maximum atomic E-state index is 11.6. The first-order valence-electron chi connectivity index (χ1n) is 5.81. The molecule has 1 rings (SSSR count). The van der Waals surface area contributed by atoms with Crippen molar-refractivity contribution in [3.8, 4) is 0 Å². The van der Waals surface area contributed by atoms with Gasteiger partial charge < -0.3 is 15.5 Å². The summed E-state index contributed by atoms with van der Waals surface area (Å²) in [6.45, 7) is 1.23. The van der Waals surface area contributed by atoms with Crippen molar-refractivity contribution in [2.24, 2.45) is 0 Å². The lowest BCUT2D eigenvalue weighted by Gasteiger charge is -2.16. The first-order chi connectivity index (χ1) is 7.63. The topological polar surface area (TPSA) is 61.4 Å². The first-order valence-corrected chi connectivity index (χ1v) is 5.81. The van der Waals surface area contributed by atoms with Crippen molar-refractivity contribution >= 4 is 11.8 Å². The van der Waals surface area contributed by atoms with Gasteiger partial charge in [0, 0.05) is 46.1 Å². The number of nitrogens with one attached hydrogen (secondary N) is 2. The Morgan fingerprint density at radius 1 is 1.31 bits per heavy atom. The molecule has 5 nitrogen and oxygen atoms in total. The highest BCUT2D eigenvalue weighted by molar-refractivity contribution is 5.78. The van der Waals surface area contributed by atoms with Crippen LogP contribution in [-0.4, -0.2) is 49.9 Å². The van der Waals surface area contributed by atoms with Crippen molar-refractivity contribution in [2.75, 3.05) is 27.2 Å². The first kappa shape index (κ1) is 13.0. The monoisotopic (exact) mass is 227 g/mol. The summed E-state index contributed by atoms with van der Waals surface area (Å²) in [4.78, 5) is 24.2. The van der Waals surface area contributed by atoms with Gasteiger partial charge in [0.15, 0.2) is 0 Å². The Bertz CT molecular complexity index is 252. The third-order valence-corrected chi connectivity index (χ3v) is 2.73. The van der Waals surface area contributed by atoms with Gasteiger partial charge in [-0.15, -0.1) is 0 Å². The van der Waals surface area contributed by atoms with E-state index in [-0.39, 0.29) is 11.8 Å². The number of hydrogen-bond donors (Lipinski definition) is 2. The van der Waals surface area contributed by atoms with Gasteiger partial charge in [-0.3, -0.25) is 9.59 Å². The zero-order valence-electron chi connectivity index (χ0n) is 10.1. The fraction of sp³-hybridized carbons (Fsp3) is 0.818. The van der Waals surface area contributed by atoms with E-state index >= 15 is 0 Å². The smallest absolute Gasteiger partial charge is 0.223 e. The van der Waals surface area contributed by atoms with Crippen LogP contribution < -0.4 is 10.6 Å². The average molecular weight is 227 g/mol. The molecular formula is C11H21N3O2. The summed E-state index contributed by atoms with van der Waals surface area (Å²) in [7, 11) is 3.34. The molecule has 0 spiro atoms. The Morgan fingerprint density at radius 3 is 2.56 bits per heavy atom. The van der Waals surface area contributed by atoms with E-state index in [1.54, 1.807) is 19.0 Å². The number of amides is 2. The summed E-state index contributed by atoms with van der Waals surface area (Å²) in [6.07, 6.45) is 3.36. The lowest BCUT2D eigenvalue weighted by atomic mass is 10.3. The van der Waals surface area contributed by atoms with Crippen LogP contribution in [0.3, 0.4) is 0 Å². The third kappa shape index (κ3) is 5.11. The van der Waals surface area contributed by atoms with Crippen molar-refractivity contribution in [1.29, 1.82) is 0 Å². The molecule has 92 valence electrons. The summed E-state index contributed by atoms with van der Waals surface area (Å²) in [5.41, 5.74) is 0. The van der Waals surface area contributed by atoms with Gasteiger partial charge in [0.05, 0.1) is 0 Å². The number of carbonyl (C=O) groups is 2. The van der Waals surface area contributed by atoms with Crippen molar-refractivity contribution in [2.45, 2.75) is 31.7 Å². The maximum Gasteiger partial charge on any atom is 0.223 e. The molecule has 0 radical (unpaired) electrons. The van der Waals surface area contributed by atoms with Crippen LogP contribution in [0.1, 0.15) is 25.7 Å². The second-order valence-corrected chi connectivity index (χ2v) is 4.22. The molecule has 2 amide bonds. The molecule has 0 aromatic heterocycles.